The minimum Gasteiger partial charge on any atom is -0.359 e. The normalized spacial score (nSPS) is 13.1. The first kappa shape index (κ1) is 15.4. The van der Waals surface area contributed by atoms with E-state index in [1.807, 2.05) is 13.8 Å². The highest BCUT2D eigenvalue weighted by Gasteiger charge is 2.16. The number of aryl methyl sites for hydroxylation is 1. The zero-order valence-corrected chi connectivity index (χ0v) is 13.6. The number of aromatic amines is 1. The maximum absolute atomic E-state index is 12.5. The number of nitrogens with zero attached hydrogens (tertiary/aromatic N) is 5. The molecule has 3 rings (SSSR count). The summed E-state index contributed by atoms with van der Waals surface area (Å²) in [5.41, 5.74) is 3.46. The van der Waals surface area contributed by atoms with Crippen molar-refractivity contribution in [3.63, 3.8) is 0 Å². The Kier molecular flexibility index (Phi) is 3.78. The third-order valence-corrected chi connectivity index (χ3v) is 3.93. The van der Waals surface area contributed by atoms with Gasteiger partial charge in [-0.15, -0.1) is 0 Å². The van der Waals surface area contributed by atoms with Crippen LogP contribution in [0.5, 0.6) is 0 Å². The molecule has 3 aromatic rings. The smallest absolute Gasteiger partial charge is 0.276 e. The van der Waals surface area contributed by atoms with Gasteiger partial charge in [0.25, 0.3) is 5.56 Å². The van der Waals surface area contributed by atoms with Gasteiger partial charge in [0.2, 0.25) is 6.35 Å². The Hall–Kier alpha value is -2.45. The lowest BCUT2D eigenvalue weighted by molar-refractivity contribution is -0.0333. The van der Waals surface area contributed by atoms with Crippen molar-refractivity contribution in [1.82, 2.24) is 29.3 Å². The Balaban J connectivity index is 2.13. The molecule has 8 nitrogen and oxygen atoms in total. The molecule has 0 aromatic carbocycles. The van der Waals surface area contributed by atoms with Crippen LogP contribution in [0.15, 0.2) is 23.4 Å². The van der Waals surface area contributed by atoms with Crippen molar-refractivity contribution in [2.45, 2.75) is 26.6 Å². The maximum atomic E-state index is 12.5. The molecule has 0 spiro atoms. The van der Waals surface area contributed by atoms with Crippen LogP contribution in [-0.2, 0) is 6.42 Å². The van der Waals surface area contributed by atoms with E-state index in [9.17, 15) is 9.90 Å². The minimum atomic E-state index is -0.849. The molecule has 0 radical (unpaired) electrons. The van der Waals surface area contributed by atoms with Crippen LogP contribution < -0.4 is 5.56 Å². The predicted octanol–water partition coefficient (Wildman–Crippen LogP) is 0.767. The fraction of sp³-hybridized carbons (Fsp3) is 0.400. The third kappa shape index (κ3) is 2.45. The van der Waals surface area contributed by atoms with Crippen LogP contribution in [0.4, 0.5) is 0 Å². The number of aromatic nitrogens is 5. The molecule has 0 bridgehead atoms. The molecule has 0 aliphatic heterocycles. The average Bonchev–Trinajstić information content (AvgIpc) is 3.13. The number of rotatable bonds is 4. The van der Waals surface area contributed by atoms with Gasteiger partial charge in [-0.05, 0) is 27.4 Å². The van der Waals surface area contributed by atoms with Gasteiger partial charge in [0.05, 0.1) is 6.20 Å². The zero-order valence-electron chi connectivity index (χ0n) is 13.6. The van der Waals surface area contributed by atoms with Crippen LogP contribution in [0.3, 0.4) is 0 Å². The van der Waals surface area contributed by atoms with Crippen molar-refractivity contribution in [3.05, 3.63) is 40.2 Å². The van der Waals surface area contributed by atoms with Gasteiger partial charge in [0, 0.05) is 34.8 Å². The Morgan fingerprint density at radius 2 is 2.17 bits per heavy atom. The molecule has 1 unspecified atom stereocenters. The Morgan fingerprint density at radius 1 is 1.43 bits per heavy atom. The maximum Gasteiger partial charge on any atom is 0.276 e. The van der Waals surface area contributed by atoms with Crippen molar-refractivity contribution in [2.24, 2.45) is 0 Å². The highest BCUT2D eigenvalue weighted by molar-refractivity contribution is 5.76. The summed E-state index contributed by atoms with van der Waals surface area (Å²) in [7, 11) is 3.52. The van der Waals surface area contributed by atoms with Gasteiger partial charge in [0.1, 0.15) is 0 Å². The van der Waals surface area contributed by atoms with Crippen LogP contribution in [0.25, 0.3) is 16.8 Å². The first-order valence-electron chi connectivity index (χ1n) is 7.42. The second kappa shape index (κ2) is 5.64. The highest BCUT2D eigenvalue weighted by Crippen LogP contribution is 2.23. The van der Waals surface area contributed by atoms with Crippen molar-refractivity contribution >= 4 is 5.65 Å². The van der Waals surface area contributed by atoms with Gasteiger partial charge in [-0.25, -0.2) is 14.2 Å². The van der Waals surface area contributed by atoms with E-state index < -0.39 is 6.35 Å². The summed E-state index contributed by atoms with van der Waals surface area (Å²) >= 11 is 0. The van der Waals surface area contributed by atoms with Gasteiger partial charge in [-0.2, -0.15) is 5.10 Å². The Labute approximate surface area is 133 Å². The van der Waals surface area contributed by atoms with E-state index in [1.165, 1.54) is 9.20 Å². The molecule has 122 valence electrons. The lowest BCUT2D eigenvalue weighted by Crippen LogP contribution is -2.25. The van der Waals surface area contributed by atoms with Gasteiger partial charge in [0.15, 0.2) is 5.65 Å². The summed E-state index contributed by atoms with van der Waals surface area (Å²) in [6.07, 6.45) is 4.89. The summed E-state index contributed by atoms with van der Waals surface area (Å²) in [4.78, 5) is 18.6. The van der Waals surface area contributed by atoms with E-state index in [1.54, 1.807) is 37.6 Å². The lowest BCUT2D eigenvalue weighted by atomic mass is 10.1. The van der Waals surface area contributed by atoms with Gasteiger partial charge < -0.3 is 5.11 Å². The average molecular weight is 316 g/mol. The molecule has 0 aliphatic rings. The van der Waals surface area contributed by atoms with Crippen LogP contribution in [-0.4, -0.2) is 48.5 Å². The van der Waals surface area contributed by atoms with E-state index in [4.69, 9.17) is 0 Å². The molecule has 23 heavy (non-hydrogen) atoms. The van der Waals surface area contributed by atoms with Crippen molar-refractivity contribution < 1.29 is 5.11 Å². The molecule has 0 fully saturated rings. The van der Waals surface area contributed by atoms with E-state index in [0.717, 1.165) is 16.8 Å². The summed E-state index contributed by atoms with van der Waals surface area (Å²) < 4.78 is 2.89. The minimum absolute atomic E-state index is 0.0815. The molecule has 8 heteroatoms. The van der Waals surface area contributed by atoms with E-state index in [-0.39, 0.29) is 5.56 Å². The number of fused-ring (bicyclic) bond motifs is 1. The second-order valence-electron chi connectivity index (χ2n) is 5.70. The topological polar surface area (TPSA) is 91.4 Å². The molecule has 0 amide bonds. The molecule has 0 saturated heterocycles. The summed E-state index contributed by atoms with van der Waals surface area (Å²) in [5.74, 6) is 0. The predicted molar refractivity (Wildman–Crippen MR) is 86.1 cm³/mol. The fourth-order valence-corrected chi connectivity index (χ4v) is 2.62. The van der Waals surface area contributed by atoms with Gasteiger partial charge >= 0.3 is 0 Å². The molecular formula is C15H20N6O2. The standard InChI is InChI=1S/C15H20N6O2/c1-5-11-9(2)18-13-12(7-17-21(13)14(11)22)10-6-16-20(8-10)15(23)19(3)4/h6-8,15,17,23H,5H2,1-4H3. The van der Waals surface area contributed by atoms with Gasteiger partial charge in [-0.3, -0.25) is 14.8 Å². The molecular weight excluding hydrogens is 296 g/mol. The molecule has 3 heterocycles. The van der Waals surface area contributed by atoms with Crippen LogP contribution in [0.2, 0.25) is 0 Å². The quantitative estimate of drug-likeness (QED) is 0.694. The largest absolute Gasteiger partial charge is 0.359 e. The first-order chi connectivity index (χ1) is 10.9. The van der Waals surface area contributed by atoms with Gasteiger partial charge in [-0.1, -0.05) is 6.92 Å². The van der Waals surface area contributed by atoms with Crippen LogP contribution >= 0.6 is 0 Å². The second-order valence-corrected chi connectivity index (χ2v) is 5.70. The molecule has 0 saturated carbocycles. The SMILES string of the molecule is CCc1c(C)nc2c(-c3cnn(C(O)N(C)C)c3)c[nH]n2c1=O. The van der Waals surface area contributed by atoms with E-state index in [0.29, 0.717) is 17.6 Å². The number of hydrogen-bond donors (Lipinski definition) is 2. The first-order valence-corrected chi connectivity index (χ1v) is 7.42. The van der Waals surface area contributed by atoms with Crippen molar-refractivity contribution in [2.75, 3.05) is 14.1 Å². The lowest BCUT2D eigenvalue weighted by Gasteiger charge is -2.17. The van der Waals surface area contributed by atoms with Crippen molar-refractivity contribution in [3.8, 4) is 11.1 Å². The van der Waals surface area contributed by atoms with Crippen LogP contribution in [0, 0.1) is 6.92 Å². The molecule has 0 aliphatic carbocycles. The number of aliphatic hydroxyl groups excluding tert-OH is 1. The van der Waals surface area contributed by atoms with Crippen molar-refractivity contribution in [1.29, 1.82) is 0 Å². The molecule has 3 aromatic heterocycles. The zero-order chi connectivity index (χ0) is 16.7. The third-order valence-electron chi connectivity index (χ3n) is 3.93. The Morgan fingerprint density at radius 3 is 2.83 bits per heavy atom. The number of aliphatic hydroxyl groups is 1. The Bertz CT molecular complexity index is 904. The summed E-state index contributed by atoms with van der Waals surface area (Å²) in [6.45, 7) is 3.78. The number of hydrogen-bond acceptors (Lipinski definition) is 5. The van der Waals surface area contributed by atoms with Crippen LogP contribution in [0.1, 0.15) is 24.5 Å². The van der Waals surface area contributed by atoms with E-state index >= 15 is 0 Å². The molecule has 2 N–H and O–H groups in total. The number of nitrogens with one attached hydrogen (secondary N) is 1. The molecule has 1 atom stereocenters. The summed E-state index contributed by atoms with van der Waals surface area (Å²) in [6, 6.07) is 0. The summed E-state index contributed by atoms with van der Waals surface area (Å²) in [5, 5.41) is 17.2. The highest BCUT2D eigenvalue weighted by atomic mass is 16.3. The fourth-order valence-electron chi connectivity index (χ4n) is 2.62. The van der Waals surface area contributed by atoms with E-state index in [2.05, 4.69) is 15.2 Å². The number of H-pyrrole nitrogens is 1. The monoisotopic (exact) mass is 316 g/mol.